The van der Waals surface area contributed by atoms with Gasteiger partial charge in [0.05, 0.1) is 13.2 Å². The van der Waals surface area contributed by atoms with Crippen molar-refractivity contribution in [3.8, 4) is 0 Å². The topological polar surface area (TPSA) is 21.7 Å². The number of hydrogen-bond acceptors (Lipinski definition) is 3. The molecule has 3 aliphatic heterocycles. The van der Waals surface area contributed by atoms with Gasteiger partial charge in [0.25, 0.3) is 0 Å². The zero-order valence-corrected chi connectivity index (χ0v) is 12.6. The Morgan fingerprint density at radius 2 is 2.00 bits per heavy atom. The molecule has 2 fully saturated rings. The summed E-state index contributed by atoms with van der Waals surface area (Å²) in [6.07, 6.45) is 7.47. The quantitative estimate of drug-likeness (QED) is 0.831. The van der Waals surface area contributed by atoms with E-state index >= 15 is 0 Å². The molecule has 0 spiro atoms. The monoisotopic (exact) mass is 285 g/mol. The van der Waals surface area contributed by atoms with Crippen LogP contribution in [0.4, 0.5) is 0 Å². The summed E-state index contributed by atoms with van der Waals surface area (Å²) < 4.78 is 11.2. The van der Waals surface area contributed by atoms with E-state index in [1.165, 1.54) is 36.8 Å². The molecule has 3 aliphatic rings. The molecule has 1 aromatic rings. The lowest BCUT2D eigenvalue weighted by atomic mass is 9.83. The Labute approximate surface area is 126 Å². The van der Waals surface area contributed by atoms with Gasteiger partial charge in [0, 0.05) is 17.6 Å². The first-order chi connectivity index (χ1) is 10.3. The third-order valence-electron chi connectivity index (χ3n) is 5.14. The molecular weight excluding hydrogens is 262 g/mol. The number of likely N-dealkylation sites (N-methyl/N-ethyl adjacent to an activating group) is 1. The van der Waals surface area contributed by atoms with Crippen LogP contribution in [0.25, 0.3) is 5.57 Å². The van der Waals surface area contributed by atoms with Gasteiger partial charge in [0.2, 0.25) is 0 Å². The van der Waals surface area contributed by atoms with Crippen LogP contribution in [0.3, 0.4) is 0 Å². The first-order valence-electron chi connectivity index (χ1n) is 8.07. The molecule has 3 heteroatoms. The van der Waals surface area contributed by atoms with Gasteiger partial charge in [0.15, 0.2) is 6.29 Å². The first kappa shape index (κ1) is 13.5. The van der Waals surface area contributed by atoms with E-state index in [2.05, 4.69) is 42.3 Å². The average Bonchev–Trinajstić information content (AvgIpc) is 3.01. The van der Waals surface area contributed by atoms with E-state index in [0.29, 0.717) is 25.3 Å². The molecule has 4 rings (SSSR count). The van der Waals surface area contributed by atoms with Crippen molar-refractivity contribution >= 4 is 5.57 Å². The minimum Gasteiger partial charge on any atom is -0.346 e. The molecule has 21 heavy (non-hydrogen) atoms. The second-order valence-corrected chi connectivity index (χ2v) is 6.41. The number of ether oxygens (including phenoxy) is 2. The summed E-state index contributed by atoms with van der Waals surface area (Å²) in [7, 11) is 2.28. The molecule has 1 aromatic carbocycles. The molecule has 112 valence electrons. The van der Waals surface area contributed by atoms with E-state index in [-0.39, 0.29) is 6.29 Å². The number of rotatable bonds is 2. The molecule has 2 saturated heterocycles. The van der Waals surface area contributed by atoms with Gasteiger partial charge in [-0.1, -0.05) is 30.7 Å². The van der Waals surface area contributed by atoms with E-state index in [1.54, 1.807) is 0 Å². The smallest absolute Gasteiger partial charge is 0.184 e. The van der Waals surface area contributed by atoms with E-state index in [1.807, 2.05) is 0 Å². The maximum Gasteiger partial charge on any atom is 0.184 e. The Morgan fingerprint density at radius 1 is 1.14 bits per heavy atom. The van der Waals surface area contributed by atoms with Crippen LogP contribution in [-0.2, 0) is 9.47 Å². The number of benzene rings is 1. The lowest BCUT2D eigenvalue weighted by molar-refractivity contribution is -0.0441. The highest BCUT2D eigenvalue weighted by atomic mass is 16.7. The highest BCUT2D eigenvalue weighted by Crippen LogP contribution is 2.36. The first-order valence-corrected chi connectivity index (χ1v) is 8.07. The minimum atomic E-state index is -0.170. The van der Waals surface area contributed by atoms with E-state index in [4.69, 9.17) is 9.47 Å². The summed E-state index contributed by atoms with van der Waals surface area (Å²) in [5.41, 5.74) is 3.99. The maximum atomic E-state index is 5.62. The molecule has 0 aliphatic carbocycles. The van der Waals surface area contributed by atoms with E-state index in [0.717, 1.165) is 5.56 Å². The predicted molar refractivity (Wildman–Crippen MR) is 82.9 cm³/mol. The van der Waals surface area contributed by atoms with Gasteiger partial charge in [-0.25, -0.2) is 0 Å². The lowest BCUT2D eigenvalue weighted by Crippen LogP contribution is -2.45. The minimum absolute atomic E-state index is 0.170. The van der Waals surface area contributed by atoms with Crippen LogP contribution in [0.15, 0.2) is 30.3 Å². The second-order valence-electron chi connectivity index (χ2n) is 6.41. The van der Waals surface area contributed by atoms with Gasteiger partial charge in [-0.15, -0.1) is 0 Å². The standard InChI is InChI=1S/C18H23NO2/c1-19-16-6-3-7-17(19)12-15(11-16)13-4-2-5-14(10-13)18-20-8-9-21-18/h2,4-5,10-11,16-18H,3,6-9,12H2,1H3. The Morgan fingerprint density at radius 3 is 2.81 bits per heavy atom. The summed E-state index contributed by atoms with van der Waals surface area (Å²) in [6.45, 7) is 1.40. The molecule has 3 nitrogen and oxygen atoms in total. The van der Waals surface area contributed by atoms with Gasteiger partial charge in [-0.05, 0) is 43.5 Å². The van der Waals surface area contributed by atoms with E-state index < -0.39 is 0 Å². The molecule has 0 N–H and O–H groups in total. The fourth-order valence-corrected chi connectivity index (χ4v) is 3.89. The van der Waals surface area contributed by atoms with Crippen molar-refractivity contribution in [3.05, 3.63) is 41.5 Å². The van der Waals surface area contributed by atoms with Crippen LogP contribution in [0.5, 0.6) is 0 Å². The van der Waals surface area contributed by atoms with Crippen LogP contribution >= 0.6 is 0 Å². The van der Waals surface area contributed by atoms with Gasteiger partial charge in [-0.3, -0.25) is 4.90 Å². The highest BCUT2D eigenvalue weighted by Gasteiger charge is 2.31. The van der Waals surface area contributed by atoms with Crippen molar-refractivity contribution in [2.24, 2.45) is 0 Å². The number of nitrogens with zero attached hydrogens (tertiary/aromatic N) is 1. The second kappa shape index (κ2) is 5.56. The summed E-state index contributed by atoms with van der Waals surface area (Å²) in [5, 5.41) is 0. The van der Waals surface area contributed by atoms with Crippen molar-refractivity contribution < 1.29 is 9.47 Å². The molecule has 2 unspecified atom stereocenters. The van der Waals surface area contributed by atoms with Crippen molar-refractivity contribution in [3.63, 3.8) is 0 Å². The van der Waals surface area contributed by atoms with Crippen LogP contribution in [-0.4, -0.2) is 37.2 Å². The number of fused-ring (bicyclic) bond motifs is 2. The average molecular weight is 285 g/mol. The normalized spacial score (nSPS) is 30.4. The largest absolute Gasteiger partial charge is 0.346 e. The molecule has 2 bridgehead atoms. The summed E-state index contributed by atoms with van der Waals surface area (Å²) in [4.78, 5) is 2.56. The van der Waals surface area contributed by atoms with Gasteiger partial charge in [-0.2, -0.15) is 0 Å². The van der Waals surface area contributed by atoms with Crippen LogP contribution in [0, 0.1) is 0 Å². The molecular formula is C18H23NO2. The summed E-state index contributed by atoms with van der Waals surface area (Å²) in [6, 6.07) is 10.1. The summed E-state index contributed by atoms with van der Waals surface area (Å²) in [5.74, 6) is 0. The Hall–Kier alpha value is -1.16. The van der Waals surface area contributed by atoms with Gasteiger partial charge >= 0.3 is 0 Å². The van der Waals surface area contributed by atoms with Crippen molar-refractivity contribution in [1.82, 2.24) is 4.90 Å². The summed E-state index contributed by atoms with van der Waals surface area (Å²) >= 11 is 0. The van der Waals surface area contributed by atoms with Crippen molar-refractivity contribution in [1.29, 1.82) is 0 Å². The number of piperidine rings is 1. The fourth-order valence-electron chi connectivity index (χ4n) is 3.89. The highest BCUT2D eigenvalue weighted by molar-refractivity contribution is 5.68. The molecule has 0 amide bonds. The zero-order chi connectivity index (χ0) is 14.2. The Balaban J connectivity index is 1.62. The Kier molecular flexibility index (Phi) is 3.57. The van der Waals surface area contributed by atoms with Crippen LogP contribution in [0.2, 0.25) is 0 Å². The van der Waals surface area contributed by atoms with Gasteiger partial charge < -0.3 is 9.47 Å². The molecule has 2 atom stereocenters. The molecule has 0 radical (unpaired) electrons. The van der Waals surface area contributed by atoms with Gasteiger partial charge in [0.1, 0.15) is 0 Å². The SMILES string of the molecule is CN1C2C=C(c3cccc(C4OCCO4)c3)CC1CCC2. The fraction of sp³-hybridized carbons (Fsp3) is 0.556. The van der Waals surface area contributed by atoms with Crippen molar-refractivity contribution in [2.75, 3.05) is 20.3 Å². The number of hydrogen-bond donors (Lipinski definition) is 0. The lowest BCUT2D eigenvalue weighted by Gasteiger charge is -2.43. The van der Waals surface area contributed by atoms with E-state index in [9.17, 15) is 0 Å². The third kappa shape index (κ3) is 2.54. The zero-order valence-electron chi connectivity index (χ0n) is 12.6. The third-order valence-corrected chi connectivity index (χ3v) is 5.14. The van der Waals surface area contributed by atoms with Crippen molar-refractivity contribution in [2.45, 2.75) is 44.1 Å². The Bertz CT molecular complexity index is 548. The molecule has 3 heterocycles. The predicted octanol–water partition coefficient (Wildman–Crippen LogP) is 3.37. The molecule has 0 aromatic heterocycles. The van der Waals surface area contributed by atoms with Crippen LogP contribution < -0.4 is 0 Å². The van der Waals surface area contributed by atoms with Crippen LogP contribution in [0.1, 0.15) is 43.1 Å². The molecule has 0 saturated carbocycles. The maximum absolute atomic E-state index is 5.62.